The number of ether oxygens (including phenoxy) is 1. The second kappa shape index (κ2) is 5.83. The van der Waals surface area contributed by atoms with Gasteiger partial charge in [0.15, 0.2) is 0 Å². The molecule has 2 atom stereocenters. The van der Waals surface area contributed by atoms with Gasteiger partial charge >= 0.3 is 0 Å². The summed E-state index contributed by atoms with van der Waals surface area (Å²) in [7, 11) is 0. The summed E-state index contributed by atoms with van der Waals surface area (Å²) in [6.45, 7) is 7.61. The number of aliphatic hydroxyl groups excluding tert-OH is 1. The Morgan fingerprint density at radius 2 is 1.89 bits per heavy atom. The van der Waals surface area contributed by atoms with Crippen LogP contribution >= 0.6 is 0 Å². The zero-order valence-electron chi connectivity index (χ0n) is 11.3. The third kappa shape index (κ3) is 2.58. The Morgan fingerprint density at radius 3 is 2.44 bits per heavy atom. The van der Waals surface area contributed by atoms with E-state index < -0.39 is 6.10 Å². The van der Waals surface area contributed by atoms with Crippen molar-refractivity contribution in [1.29, 1.82) is 0 Å². The quantitative estimate of drug-likeness (QED) is 0.888. The maximum absolute atomic E-state index is 10.7. The molecule has 0 radical (unpaired) electrons. The number of aliphatic hydroxyl groups is 1. The van der Waals surface area contributed by atoms with Crippen LogP contribution < -0.4 is 0 Å². The maximum Gasteiger partial charge on any atom is 0.0970 e. The normalized spacial score (nSPS) is 22.4. The lowest BCUT2D eigenvalue weighted by molar-refractivity contribution is -0.0734. The smallest absolute Gasteiger partial charge is 0.0970 e. The lowest BCUT2D eigenvalue weighted by Gasteiger charge is -2.46. The molecule has 0 saturated carbocycles. The predicted octanol–water partition coefficient (Wildman–Crippen LogP) is 2.22. The number of benzene rings is 1. The third-order valence-electron chi connectivity index (χ3n) is 4.15. The molecule has 1 saturated heterocycles. The summed E-state index contributed by atoms with van der Waals surface area (Å²) in [4.78, 5) is 2.36. The molecule has 1 aromatic carbocycles. The van der Waals surface area contributed by atoms with Crippen LogP contribution in [-0.2, 0) is 4.74 Å². The summed E-state index contributed by atoms with van der Waals surface area (Å²) in [5.41, 5.74) is 0.777. The minimum atomic E-state index is -0.457. The Bertz CT molecular complexity index is 362. The van der Waals surface area contributed by atoms with Crippen molar-refractivity contribution in [1.82, 2.24) is 4.90 Å². The first-order valence-corrected chi connectivity index (χ1v) is 6.74. The van der Waals surface area contributed by atoms with Gasteiger partial charge in [0.25, 0.3) is 0 Å². The third-order valence-corrected chi connectivity index (χ3v) is 4.15. The number of hydrogen-bond donors (Lipinski definition) is 1. The zero-order chi connectivity index (χ0) is 13.0. The average molecular weight is 249 g/mol. The first-order valence-electron chi connectivity index (χ1n) is 6.74. The van der Waals surface area contributed by atoms with Crippen LogP contribution in [0.1, 0.15) is 31.9 Å². The first-order chi connectivity index (χ1) is 8.68. The lowest BCUT2D eigenvalue weighted by Crippen LogP contribution is -2.54. The van der Waals surface area contributed by atoms with Gasteiger partial charge in [0, 0.05) is 18.6 Å². The van der Waals surface area contributed by atoms with Crippen molar-refractivity contribution in [3.05, 3.63) is 35.9 Å². The second-order valence-corrected chi connectivity index (χ2v) is 5.12. The molecule has 0 spiro atoms. The van der Waals surface area contributed by atoms with E-state index >= 15 is 0 Å². The topological polar surface area (TPSA) is 32.7 Å². The second-order valence-electron chi connectivity index (χ2n) is 5.12. The molecule has 1 aliphatic rings. The first kappa shape index (κ1) is 13.5. The molecule has 0 aromatic heterocycles. The van der Waals surface area contributed by atoms with Crippen molar-refractivity contribution in [3.63, 3.8) is 0 Å². The fourth-order valence-corrected chi connectivity index (χ4v) is 2.66. The van der Waals surface area contributed by atoms with Crippen molar-refractivity contribution in [2.75, 3.05) is 26.3 Å². The molecule has 3 nitrogen and oxygen atoms in total. The van der Waals surface area contributed by atoms with Crippen molar-refractivity contribution >= 4 is 0 Å². The van der Waals surface area contributed by atoms with Crippen LogP contribution in [0.5, 0.6) is 0 Å². The highest BCUT2D eigenvalue weighted by Crippen LogP contribution is 2.34. The van der Waals surface area contributed by atoms with Crippen LogP contribution in [0.2, 0.25) is 0 Å². The van der Waals surface area contributed by atoms with E-state index in [1.54, 1.807) is 0 Å². The van der Waals surface area contributed by atoms with Crippen LogP contribution in [0.4, 0.5) is 0 Å². The average Bonchev–Trinajstić information content (AvgIpc) is 2.47. The van der Waals surface area contributed by atoms with Crippen molar-refractivity contribution in [3.8, 4) is 0 Å². The largest absolute Gasteiger partial charge is 0.386 e. The van der Waals surface area contributed by atoms with Gasteiger partial charge in [-0.2, -0.15) is 0 Å². The molecule has 2 unspecified atom stereocenters. The van der Waals surface area contributed by atoms with Gasteiger partial charge in [-0.25, -0.2) is 0 Å². The van der Waals surface area contributed by atoms with E-state index in [9.17, 15) is 5.11 Å². The summed E-state index contributed by atoms with van der Waals surface area (Å²) in [6.07, 6.45) is 0.463. The molecule has 0 bridgehead atoms. The summed E-state index contributed by atoms with van der Waals surface area (Å²) in [6, 6.07) is 9.94. The molecule has 1 heterocycles. The van der Waals surface area contributed by atoms with Crippen LogP contribution in [0, 0.1) is 0 Å². The highest BCUT2D eigenvalue weighted by atomic mass is 16.5. The lowest BCUT2D eigenvalue weighted by atomic mass is 9.85. The number of hydrogen-bond acceptors (Lipinski definition) is 3. The van der Waals surface area contributed by atoms with Gasteiger partial charge in [-0.05, 0) is 18.9 Å². The van der Waals surface area contributed by atoms with Gasteiger partial charge in [0.2, 0.25) is 0 Å². The number of morpholine rings is 1. The van der Waals surface area contributed by atoms with E-state index in [2.05, 4.69) is 18.7 Å². The summed E-state index contributed by atoms with van der Waals surface area (Å²) >= 11 is 0. The van der Waals surface area contributed by atoms with E-state index in [1.165, 1.54) is 0 Å². The van der Waals surface area contributed by atoms with Gasteiger partial charge < -0.3 is 9.84 Å². The Morgan fingerprint density at radius 1 is 1.28 bits per heavy atom. The highest BCUT2D eigenvalue weighted by Gasteiger charge is 2.38. The maximum atomic E-state index is 10.7. The fourth-order valence-electron chi connectivity index (χ4n) is 2.66. The molecule has 100 valence electrons. The monoisotopic (exact) mass is 249 g/mol. The minimum Gasteiger partial charge on any atom is -0.386 e. The van der Waals surface area contributed by atoms with Gasteiger partial charge in [0.05, 0.1) is 19.3 Å². The molecule has 2 rings (SSSR count). The summed E-state index contributed by atoms with van der Waals surface area (Å²) in [5.74, 6) is 0. The van der Waals surface area contributed by atoms with E-state index in [0.717, 1.165) is 38.3 Å². The number of rotatable bonds is 4. The molecule has 3 heteroatoms. The van der Waals surface area contributed by atoms with E-state index in [-0.39, 0.29) is 5.54 Å². The van der Waals surface area contributed by atoms with E-state index in [0.29, 0.717) is 0 Å². The molecule has 0 aliphatic carbocycles. The van der Waals surface area contributed by atoms with Gasteiger partial charge in [-0.3, -0.25) is 4.90 Å². The van der Waals surface area contributed by atoms with Crippen LogP contribution in [0.15, 0.2) is 30.3 Å². The highest BCUT2D eigenvalue weighted by molar-refractivity contribution is 5.21. The Kier molecular flexibility index (Phi) is 4.38. The summed E-state index contributed by atoms with van der Waals surface area (Å²) in [5, 5.41) is 10.7. The zero-order valence-corrected chi connectivity index (χ0v) is 11.3. The Hall–Kier alpha value is -0.900. The molecule has 1 fully saturated rings. The van der Waals surface area contributed by atoms with Crippen molar-refractivity contribution in [2.45, 2.75) is 31.9 Å². The SMILES string of the molecule is CCC(C)(C(O)c1ccccc1)N1CCOCC1. The molecule has 1 N–H and O–H groups in total. The molecule has 0 amide bonds. The molecule has 18 heavy (non-hydrogen) atoms. The van der Waals surface area contributed by atoms with Gasteiger partial charge in [-0.1, -0.05) is 37.3 Å². The Balaban J connectivity index is 2.20. The van der Waals surface area contributed by atoms with Crippen LogP contribution in [0.25, 0.3) is 0 Å². The molecule has 1 aliphatic heterocycles. The minimum absolute atomic E-state index is 0.217. The van der Waals surface area contributed by atoms with Crippen LogP contribution in [0.3, 0.4) is 0 Å². The Labute approximate surface area is 109 Å². The van der Waals surface area contributed by atoms with Crippen molar-refractivity contribution in [2.24, 2.45) is 0 Å². The van der Waals surface area contributed by atoms with Gasteiger partial charge in [-0.15, -0.1) is 0 Å². The summed E-state index contributed by atoms with van der Waals surface area (Å²) < 4.78 is 5.40. The molecular weight excluding hydrogens is 226 g/mol. The standard InChI is InChI=1S/C15H23NO2/c1-3-15(2,16-9-11-18-12-10-16)14(17)13-7-5-4-6-8-13/h4-8,14,17H,3,9-12H2,1-2H3. The predicted molar refractivity (Wildman–Crippen MR) is 72.5 cm³/mol. The van der Waals surface area contributed by atoms with E-state index in [1.807, 2.05) is 30.3 Å². The van der Waals surface area contributed by atoms with Crippen molar-refractivity contribution < 1.29 is 9.84 Å². The molecule has 1 aromatic rings. The van der Waals surface area contributed by atoms with Crippen LogP contribution in [-0.4, -0.2) is 41.8 Å². The fraction of sp³-hybridized carbons (Fsp3) is 0.600. The van der Waals surface area contributed by atoms with Gasteiger partial charge in [0.1, 0.15) is 0 Å². The number of nitrogens with zero attached hydrogens (tertiary/aromatic N) is 1. The molecular formula is C15H23NO2. The van der Waals surface area contributed by atoms with E-state index in [4.69, 9.17) is 4.74 Å².